The number of nitrogens with one attached hydrogen (secondary N) is 2. The number of benzene rings is 2. The molecule has 2 aromatic carbocycles. The minimum absolute atomic E-state index is 0.180. The zero-order valence-electron chi connectivity index (χ0n) is 23.3. The molecule has 4 heterocycles. The number of amides is 1. The highest BCUT2D eigenvalue weighted by Gasteiger charge is 2.18. The van der Waals surface area contributed by atoms with E-state index in [2.05, 4.69) is 37.3 Å². The molecule has 3 aromatic heterocycles. The van der Waals surface area contributed by atoms with E-state index in [1.807, 2.05) is 18.3 Å². The fourth-order valence-electron chi connectivity index (χ4n) is 5.40. The molecule has 1 fully saturated rings. The Balaban J connectivity index is 1.14. The number of pyridine rings is 1. The lowest BCUT2D eigenvalue weighted by atomic mass is 10.1. The summed E-state index contributed by atoms with van der Waals surface area (Å²) < 4.78 is 30.0. The van der Waals surface area contributed by atoms with E-state index in [-0.39, 0.29) is 24.3 Å². The van der Waals surface area contributed by atoms with Crippen molar-refractivity contribution >= 4 is 22.5 Å². The summed E-state index contributed by atoms with van der Waals surface area (Å²) in [7, 11) is 0. The third-order valence-electron chi connectivity index (χ3n) is 7.67. The highest BCUT2D eigenvalue weighted by atomic mass is 19.2. The lowest BCUT2D eigenvalue weighted by Crippen LogP contribution is -2.46. The Hall–Kier alpha value is -4.65. The highest BCUT2D eigenvalue weighted by molar-refractivity contribution is 6.04. The average Bonchev–Trinajstić information content (AvgIpc) is 3.62. The fourth-order valence-corrected chi connectivity index (χ4v) is 5.40. The van der Waals surface area contributed by atoms with E-state index in [4.69, 9.17) is 5.11 Å². The Morgan fingerprint density at radius 2 is 1.72 bits per heavy atom. The van der Waals surface area contributed by atoms with Crippen LogP contribution in [0.15, 0.2) is 78.1 Å². The minimum atomic E-state index is -0.938. The van der Waals surface area contributed by atoms with Gasteiger partial charge in [0.2, 0.25) is 0 Å². The van der Waals surface area contributed by atoms with Crippen molar-refractivity contribution in [3.63, 3.8) is 0 Å². The van der Waals surface area contributed by atoms with E-state index in [0.717, 1.165) is 55.8 Å². The Labute approximate surface area is 245 Å². The summed E-state index contributed by atoms with van der Waals surface area (Å²) in [5.41, 5.74) is 3.18. The Kier molecular flexibility index (Phi) is 8.14. The maximum atomic E-state index is 13.5. The molecule has 1 aliphatic heterocycles. The monoisotopic (exact) mass is 587 g/mol. The molecule has 0 unspecified atom stereocenters. The Morgan fingerprint density at radius 3 is 2.51 bits per heavy atom. The molecule has 0 saturated carbocycles. The summed E-state index contributed by atoms with van der Waals surface area (Å²) in [4.78, 5) is 33.2. The number of anilines is 1. The number of aromatic nitrogens is 4. The molecule has 0 aliphatic carbocycles. The molecule has 5 aromatic rings. The van der Waals surface area contributed by atoms with Crippen molar-refractivity contribution in [1.29, 1.82) is 0 Å². The van der Waals surface area contributed by atoms with Gasteiger partial charge in [-0.2, -0.15) is 5.10 Å². The lowest BCUT2D eigenvalue weighted by molar-refractivity contribution is 0.102. The van der Waals surface area contributed by atoms with Crippen LogP contribution in [0.3, 0.4) is 0 Å². The van der Waals surface area contributed by atoms with Gasteiger partial charge in [-0.15, -0.1) is 0 Å². The number of aromatic amines is 1. The molecule has 0 atom stereocenters. The maximum Gasteiger partial charge on any atom is 0.272 e. The first kappa shape index (κ1) is 28.5. The van der Waals surface area contributed by atoms with Crippen molar-refractivity contribution in [2.75, 3.05) is 44.6 Å². The fraction of sp³-hybridized carbons (Fsp3) is 0.258. The molecule has 1 amide bonds. The minimum Gasteiger partial charge on any atom is -0.395 e. The number of aliphatic hydroxyl groups excluding tert-OH is 1. The molecule has 0 spiro atoms. The standard InChI is InChI=1S/C31H31F2N7O3/c32-26-3-1-22(14-27(26)33)19-39-20-25(17-35-39)36-30(42)24-15-29(31(43)34-16-24)40-6-5-23-13-21(2-4-28(23)40)18-38-9-7-37(8-10-38)11-12-41/h1-6,13-17,20,41H,7-12,18-19H2,(H,34,43)(H,36,42). The SMILES string of the molecule is O=C(Nc1cnn(Cc2ccc(F)c(F)c2)c1)c1c[nH]c(=O)c(-n2ccc3cc(CN4CCN(CCO)CC4)ccc32)c1. The number of nitrogens with zero attached hydrogens (tertiary/aromatic N) is 5. The summed E-state index contributed by atoms with van der Waals surface area (Å²) >= 11 is 0. The Bertz CT molecular complexity index is 1820. The van der Waals surface area contributed by atoms with Gasteiger partial charge in [0, 0.05) is 63.2 Å². The number of aliphatic hydroxyl groups is 1. The quantitative estimate of drug-likeness (QED) is 0.244. The van der Waals surface area contributed by atoms with E-state index in [9.17, 15) is 18.4 Å². The van der Waals surface area contributed by atoms with Crippen molar-refractivity contribution in [2.24, 2.45) is 0 Å². The van der Waals surface area contributed by atoms with E-state index in [1.54, 1.807) is 16.8 Å². The van der Waals surface area contributed by atoms with Gasteiger partial charge in [-0.05, 0) is 47.5 Å². The van der Waals surface area contributed by atoms with Crippen LogP contribution in [0.2, 0.25) is 0 Å². The van der Waals surface area contributed by atoms with Crippen LogP contribution >= 0.6 is 0 Å². The summed E-state index contributed by atoms with van der Waals surface area (Å²) in [5, 5.41) is 17.1. The Morgan fingerprint density at radius 1 is 0.953 bits per heavy atom. The number of piperazine rings is 1. The molecule has 3 N–H and O–H groups in total. The van der Waals surface area contributed by atoms with Gasteiger partial charge in [0.15, 0.2) is 11.6 Å². The topological polar surface area (TPSA) is 111 Å². The first-order valence-electron chi connectivity index (χ1n) is 14.0. The largest absolute Gasteiger partial charge is 0.395 e. The molecular formula is C31H31F2N7O3. The van der Waals surface area contributed by atoms with Gasteiger partial charge in [-0.25, -0.2) is 8.78 Å². The third-order valence-corrected chi connectivity index (χ3v) is 7.67. The van der Waals surface area contributed by atoms with Crippen LogP contribution in [0.5, 0.6) is 0 Å². The van der Waals surface area contributed by atoms with Crippen LogP contribution in [-0.2, 0) is 13.1 Å². The molecule has 0 bridgehead atoms. The van der Waals surface area contributed by atoms with Crippen LogP contribution in [0.1, 0.15) is 21.5 Å². The van der Waals surface area contributed by atoms with Crippen LogP contribution in [0.25, 0.3) is 16.6 Å². The van der Waals surface area contributed by atoms with E-state index >= 15 is 0 Å². The highest BCUT2D eigenvalue weighted by Crippen LogP contribution is 2.22. The smallest absolute Gasteiger partial charge is 0.272 e. The van der Waals surface area contributed by atoms with Crippen molar-refractivity contribution in [1.82, 2.24) is 29.1 Å². The van der Waals surface area contributed by atoms with Crippen LogP contribution in [-0.4, -0.2) is 79.5 Å². The molecule has 0 radical (unpaired) electrons. The maximum absolute atomic E-state index is 13.5. The number of rotatable bonds is 9. The van der Waals surface area contributed by atoms with Crippen molar-refractivity contribution in [3.8, 4) is 5.69 Å². The number of fused-ring (bicyclic) bond motifs is 1. The number of carbonyl (C=O) groups is 1. The van der Waals surface area contributed by atoms with Crippen LogP contribution in [0, 0.1) is 11.6 Å². The van der Waals surface area contributed by atoms with Crippen LogP contribution in [0.4, 0.5) is 14.5 Å². The molecule has 1 saturated heterocycles. The molecule has 222 valence electrons. The second kappa shape index (κ2) is 12.3. The lowest BCUT2D eigenvalue weighted by Gasteiger charge is -2.34. The second-order valence-corrected chi connectivity index (χ2v) is 10.7. The molecule has 43 heavy (non-hydrogen) atoms. The van der Waals surface area contributed by atoms with Crippen molar-refractivity contribution in [3.05, 3.63) is 112 Å². The zero-order valence-corrected chi connectivity index (χ0v) is 23.3. The molecule has 10 nitrogen and oxygen atoms in total. The van der Waals surface area contributed by atoms with E-state index in [0.29, 0.717) is 23.5 Å². The summed E-state index contributed by atoms with van der Waals surface area (Å²) in [6.45, 7) is 5.66. The van der Waals surface area contributed by atoms with Gasteiger partial charge in [-0.1, -0.05) is 12.1 Å². The summed E-state index contributed by atoms with van der Waals surface area (Å²) in [6, 6.07) is 13.3. The molecule has 1 aliphatic rings. The van der Waals surface area contributed by atoms with Gasteiger partial charge in [-0.3, -0.25) is 24.1 Å². The average molecular weight is 588 g/mol. The number of H-pyrrole nitrogens is 1. The predicted octanol–water partition coefficient (Wildman–Crippen LogP) is 3.20. The number of β-amino-alcohol motifs (C(OH)–C–C–N with tert-alkyl or cyclic N) is 1. The number of halogens is 2. The van der Waals surface area contributed by atoms with Crippen molar-refractivity contribution < 1.29 is 18.7 Å². The summed E-state index contributed by atoms with van der Waals surface area (Å²) in [6.07, 6.45) is 6.21. The number of hydrogen-bond donors (Lipinski definition) is 3. The first-order chi connectivity index (χ1) is 20.9. The molecule has 6 rings (SSSR count). The first-order valence-corrected chi connectivity index (χ1v) is 14.0. The van der Waals surface area contributed by atoms with Gasteiger partial charge in [0.25, 0.3) is 11.5 Å². The van der Waals surface area contributed by atoms with E-state index in [1.165, 1.54) is 28.7 Å². The van der Waals surface area contributed by atoms with Gasteiger partial charge < -0.3 is 20.0 Å². The van der Waals surface area contributed by atoms with Gasteiger partial charge >= 0.3 is 0 Å². The predicted molar refractivity (Wildman–Crippen MR) is 158 cm³/mol. The number of carbonyl (C=O) groups excluding carboxylic acids is 1. The molecular weight excluding hydrogens is 556 g/mol. The summed E-state index contributed by atoms with van der Waals surface area (Å²) in [5.74, 6) is -2.30. The zero-order chi connectivity index (χ0) is 29.9. The van der Waals surface area contributed by atoms with E-state index < -0.39 is 17.5 Å². The second-order valence-electron chi connectivity index (χ2n) is 10.7. The normalized spacial score (nSPS) is 14.4. The molecule has 12 heteroatoms. The third kappa shape index (κ3) is 6.41. The number of hydrogen-bond acceptors (Lipinski definition) is 6. The van der Waals surface area contributed by atoms with Gasteiger partial charge in [0.1, 0.15) is 5.69 Å². The van der Waals surface area contributed by atoms with Crippen molar-refractivity contribution in [2.45, 2.75) is 13.1 Å². The van der Waals surface area contributed by atoms with Gasteiger partial charge in [0.05, 0.1) is 36.1 Å². The van der Waals surface area contributed by atoms with Crippen LogP contribution < -0.4 is 10.9 Å².